The van der Waals surface area contributed by atoms with Gasteiger partial charge in [0.25, 0.3) is 0 Å². The summed E-state index contributed by atoms with van der Waals surface area (Å²) in [4.78, 5) is 16.9. The number of anilines is 1. The summed E-state index contributed by atoms with van der Waals surface area (Å²) in [6, 6.07) is 12.0. The van der Waals surface area contributed by atoms with Crippen molar-refractivity contribution in [3.05, 3.63) is 77.9 Å². The second-order valence-electron chi connectivity index (χ2n) is 6.90. The van der Waals surface area contributed by atoms with E-state index < -0.39 is 6.04 Å². The van der Waals surface area contributed by atoms with Crippen LogP contribution in [0, 0.1) is 5.41 Å². The van der Waals surface area contributed by atoms with Crippen molar-refractivity contribution in [3.63, 3.8) is 0 Å². The number of hydrogen-bond donors (Lipinski definition) is 3. The number of nitrogens with zero attached hydrogens (tertiary/aromatic N) is 2. The molecule has 1 aromatic heterocycles. The van der Waals surface area contributed by atoms with Crippen molar-refractivity contribution >= 4 is 17.5 Å². The minimum Gasteiger partial charge on any atom is -0.494 e. The molecule has 1 unspecified atom stereocenters. The monoisotopic (exact) mass is 421 g/mol. The Kier molecular flexibility index (Phi) is 7.26. The fourth-order valence-corrected chi connectivity index (χ4v) is 3.20. The average Bonchev–Trinajstić information content (AvgIpc) is 3.25. The number of benzene rings is 2. The van der Waals surface area contributed by atoms with Crippen molar-refractivity contribution < 1.29 is 14.3 Å². The van der Waals surface area contributed by atoms with Crippen molar-refractivity contribution in [2.45, 2.75) is 26.4 Å². The number of nitrogen functional groups attached to an aromatic ring is 1. The van der Waals surface area contributed by atoms with Crippen LogP contribution >= 0.6 is 0 Å². The first kappa shape index (κ1) is 21.9. The number of carbonyl (C=O) groups excluding carboxylic acids is 1. The Bertz CT molecular complexity index is 1020. The third-order valence-corrected chi connectivity index (χ3v) is 4.59. The van der Waals surface area contributed by atoms with Crippen LogP contribution in [0.15, 0.2) is 61.2 Å². The molecule has 1 heterocycles. The Labute approximate surface area is 181 Å². The van der Waals surface area contributed by atoms with E-state index in [4.69, 9.17) is 20.6 Å². The summed E-state index contributed by atoms with van der Waals surface area (Å²) in [5.74, 6) is 0.278. The van der Waals surface area contributed by atoms with Crippen molar-refractivity contribution in [3.8, 4) is 5.75 Å². The van der Waals surface area contributed by atoms with Gasteiger partial charge in [0.15, 0.2) is 6.04 Å². The fourth-order valence-electron chi connectivity index (χ4n) is 3.20. The molecule has 0 radical (unpaired) electrons. The number of hydrogen-bond acceptors (Lipinski definition) is 6. The van der Waals surface area contributed by atoms with E-state index in [1.807, 2.05) is 35.9 Å². The molecule has 2 aromatic carbocycles. The lowest BCUT2D eigenvalue weighted by atomic mass is 10.0. The number of nitrogens with two attached hydrogens (primary N) is 1. The maximum absolute atomic E-state index is 12.8. The van der Waals surface area contributed by atoms with Crippen molar-refractivity contribution in [2.75, 3.05) is 18.5 Å². The van der Waals surface area contributed by atoms with Gasteiger partial charge in [0.2, 0.25) is 0 Å². The molecule has 0 amide bonds. The third kappa shape index (κ3) is 5.85. The first-order valence-corrected chi connectivity index (χ1v) is 10.1. The van der Waals surface area contributed by atoms with Crippen molar-refractivity contribution in [1.82, 2.24) is 9.55 Å². The standard InChI is InChI=1S/C23H27N5O3/c1-3-30-20-12-16(14-28-10-9-26-15-28)11-18(13-20)21(23(29)31-4-2)27-19-7-5-17(6-8-19)22(24)25/h5-13,15,21,27H,3-4,14H2,1-2H3,(H3,24,25). The van der Waals surface area contributed by atoms with Gasteiger partial charge in [-0.05, 0) is 61.4 Å². The molecule has 3 rings (SSSR count). The number of amidine groups is 1. The van der Waals surface area contributed by atoms with Gasteiger partial charge in [-0.3, -0.25) is 5.41 Å². The van der Waals surface area contributed by atoms with Gasteiger partial charge < -0.3 is 25.1 Å². The summed E-state index contributed by atoms with van der Waals surface area (Å²) in [5, 5.41) is 10.8. The van der Waals surface area contributed by atoms with E-state index in [1.54, 1.807) is 43.7 Å². The number of rotatable bonds is 10. The smallest absolute Gasteiger partial charge is 0.333 e. The molecule has 0 aliphatic rings. The van der Waals surface area contributed by atoms with Crippen LogP contribution in [0.25, 0.3) is 0 Å². The number of aromatic nitrogens is 2. The summed E-state index contributed by atoms with van der Waals surface area (Å²) in [6.07, 6.45) is 5.34. The predicted molar refractivity (Wildman–Crippen MR) is 119 cm³/mol. The average molecular weight is 422 g/mol. The molecule has 8 nitrogen and oxygen atoms in total. The van der Waals surface area contributed by atoms with Gasteiger partial charge in [-0.2, -0.15) is 0 Å². The molecular formula is C23H27N5O3. The molecule has 0 bridgehead atoms. The highest BCUT2D eigenvalue weighted by atomic mass is 16.5. The van der Waals surface area contributed by atoms with Crippen LogP contribution in [0.3, 0.4) is 0 Å². The quantitative estimate of drug-likeness (QED) is 0.263. The highest BCUT2D eigenvalue weighted by Gasteiger charge is 2.23. The van der Waals surface area contributed by atoms with Crippen LogP contribution in [-0.4, -0.2) is 34.6 Å². The van der Waals surface area contributed by atoms with E-state index in [2.05, 4.69) is 10.3 Å². The lowest BCUT2D eigenvalue weighted by molar-refractivity contribution is -0.144. The van der Waals surface area contributed by atoms with Crippen LogP contribution in [-0.2, 0) is 16.1 Å². The van der Waals surface area contributed by atoms with Crippen LogP contribution in [0.5, 0.6) is 5.75 Å². The first-order valence-electron chi connectivity index (χ1n) is 10.1. The Hall–Kier alpha value is -3.81. The lowest BCUT2D eigenvalue weighted by Gasteiger charge is -2.21. The molecular weight excluding hydrogens is 394 g/mol. The lowest BCUT2D eigenvalue weighted by Crippen LogP contribution is -2.24. The highest BCUT2D eigenvalue weighted by molar-refractivity contribution is 5.95. The zero-order valence-corrected chi connectivity index (χ0v) is 17.7. The van der Waals surface area contributed by atoms with Crippen molar-refractivity contribution in [1.29, 1.82) is 5.41 Å². The molecule has 0 saturated carbocycles. The Balaban J connectivity index is 1.95. The normalized spacial score (nSPS) is 11.5. The van der Waals surface area contributed by atoms with Crippen LogP contribution < -0.4 is 15.8 Å². The van der Waals surface area contributed by atoms with E-state index in [9.17, 15) is 4.79 Å². The van der Waals surface area contributed by atoms with E-state index >= 15 is 0 Å². The summed E-state index contributed by atoms with van der Waals surface area (Å²) >= 11 is 0. The predicted octanol–water partition coefficient (Wildman–Crippen LogP) is 3.33. The van der Waals surface area contributed by atoms with Gasteiger partial charge in [-0.15, -0.1) is 0 Å². The molecule has 162 valence electrons. The summed E-state index contributed by atoms with van der Waals surface area (Å²) < 4.78 is 13.0. The first-order chi connectivity index (χ1) is 15.0. The minimum absolute atomic E-state index is 0.0120. The second-order valence-corrected chi connectivity index (χ2v) is 6.90. The van der Waals surface area contributed by atoms with Gasteiger partial charge >= 0.3 is 5.97 Å². The molecule has 3 aromatic rings. The molecule has 0 fully saturated rings. The molecule has 8 heteroatoms. The summed E-state index contributed by atoms with van der Waals surface area (Å²) in [6.45, 7) is 5.07. The largest absolute Gasteiger partial charge is 0.494 e. The Morgan fingerprint density at radius 3 is 2.58 bits per heavy atom. The zero-order valence-electron chi connectivity index (χ0n) is 17.7. The van der Waals surface area contributed by atoms with Gasteiger partial charge in [0.05, 0.1) is 19.5 Å². The van der Waals surface area contributed by atoms with Gasteiger partial charge in [0, 0.05) is 30.2 Å². The van der Waals surface area contributed by atoms with E-state index in [-0.39, 0.29) is 18.4 Å². The fraction of sp³-hybridized carbons (Fsp3) is 0.261. The molecule has 0 aliphatic carbocycles. The van der Waals surface area contributed by atoms with Gasteiger partial charge in [-0.1, -0.05) is 6.07 Å². The highest BCUT2D eigenvalue weighted by Crippen LogP contribution is 2.27. The second kappa shape index (κ2) is 10.3. The Morgan fingerprint density at radius 2 is 1.97 bits per heavy atom. The molecule has 31 heavy (non-hydrogen) atoms. The summed E-state index contributed by atoms with van der Waals surface area (Å²) in [5.41, 5.74) is 8.55. The summed E-state index contributed by atoms with van der Waals surface area (Å²) in [7, 11) is 0. The maximum atomic E-state index is 12.8. The molecule has 0 spiro atoms. The maximum Gasteiger partial charge on any atom is 0.333 e. The number of esters is 1. The van der Waals surface area contributed by atoms with E-state index in [1.165, 1.54) is 0 Å². The number of imidazole rings is 1. The van der Waals surface area contributed by atoms with Crippen molar-refractivity contribution in [2.24, 2.45) is 5.73 Å². The molecule has 4 N–H and O–H groups in total. The molecule has 0 saturated heterocycles. The van der Waals surface area contributed by atoms with E-state index in [0.717, 1.165) is 11.1 Å². The zero-order chi connectivity index (χ0) is 22.2. The number of carbonyl (C=O) groups is 1. The number of nitrogens with one attached hydrogen (secondary N) is 2. The molecule has 0 aliphatic heterocycles. The van der Waals surface area contributed by atoms with Crippen LogP contribution in [0.2, 0.25) is 0 Å². The van der Waals surface area contributed by atoms with Gasteiger partial charge in [0.1, 0.15) is 11.6 Å². The Morgan fingerprint density at radius 1 is 1.19 bits per heavy atom. The third-order valence-electron chi connectivity index (χ3n) is 4.59. The number of ether oxygens (including phenoxy) is 2. The van der Waals surface area contributed by atoms with E-state index in [0.29, 0.717) is 30.2 Å². The minimum atomic E-state index is -0.731. The van der Waals surface area contributed by atoms with Crippen LogP contribution in [0.4, 0.5) is 5.69 Å². The topological polar surface area (TPSA) is 115 Å². The molecule has 1 atom stereocenters. The van der Waals surface area contributed by atoms with Gasteiger partial charge in [-0.25, -0.2) is 9.78 Å². The van der Waals surface area contributed by atoms with Crippen LogP contribution in [0.1, 0.15) is 36.6 Å². The SMILES string of the molecule is CCOC(=O)C(Nc1ccc(C(=N)N)cc1)c1cc(Cn2ccnc2)cc(OCC)c1.